The predicted molar refractivity (Wildman–Crippen MR) is 80.7 cm³/mol. The first-order valence-corrected chi connectivity index (χ1v) is 7.52. The topological polar surface area (TPSA) is 21.3 Å². The van der Waals surface area contributed by atoms with Crippen LogP contribution in [0.2, 0.25) is 0 Å². The molecule has 1 N–H and O–H groups in total. The number of benzene rings is 1. The summed E-state index contributed by atoms with van der Waals surface area (Å²) < 4.78 is 19.0. The predicted octanol–water partition coefficient (Wildman–Crippen LogP) is 3.93. The number of hydrogen-bond acceptors (Lipinski definition) is 2. The van der Waals surface area contributed by atoms with Crippen molar-refractivity contribution in [2.75, 3.05) is 7.05 Å². The highest BCUT2D eigenvalue weighted by atomic mass is 19.1. The highest BCUT2D eigenvalue weighted by Crippen LogP contribution is 2.32. The van der Waals surface area contributed by atoms with Gasteiger partial charge in [0.15, 0.2) is 0 Å². The lowest BCUT2D eigenvalue weighted by atomic mass is 9.83. The lowest BCUT2D eigenvalue weighted by Gasteiger charge is -2.30. The van der Waals surface area contributed by atoms with Gasteiger partial charge in [0.2, 0.25) is 0 Å². The minimum atomic E-state index is -0.170. The molecule has 1 aromatic carbocycles. The summed E-state index contributed by atoms with van der Waals surface area (Å²) in [6.07, 6.45) is 4.36. The second kappa shape index (κ2) is 6.13. The molecule has 0 bridgehead atoms. The van der Waals surface area contributed by atoms with Crippen molar-refractivity contribution in [3.05, 3.63) is 29.6 Å². The highest BCUT2D eigenvalue weighted by Gasteiger charge is 2.25. The second-order valence-corrected chi connectivity index (χ2v) is 6.83. The number of rotatable bonds is 5. The Balaban J connectivity index is 1.80. The molecule has 20 heavy (non-hydrogen) atoms. The Kier molecular flexibility index (Phi) is 4.69. The molecule has 2 nitrogen and oxygen atoms in total. The van der Waals surface area contributed by atoms with Crippen LogP contribution in [0.1, 0.15) is 45.6 Å². The van der Waals surface area contributed by atoms with Gasteiger partial charge in [-0.1, -0.05) is 20.8 Å². The molecular weight excluding hydrogens is 253 g/mol. The van der Waals surface area contributed by atoms with Crippen LogP contribution in [0.3, 0.4) is 0 Å². The average Bonchev–Trinajstić information content (AvgIpc) is 2.74. The van der Waals surface area contributed by atoms with Crippen molar-refractivity contribution in [2.24, 2.45) is 5.41 Å². The summed E-state index contributed by atoms with van der Waals surface area (Å²) in [5.41, 5.74) is 1.29. The Morgan fingerprint density at radius 2 is 2.15 bits per heavy atom. The fourth-order valence-corrected chi connectivity index (χ4v) is 3.01. The summed E-state index contributed by atoms with van der Waals surface area (Å²) in [6, 6.07) is 5.33. The first-order chi connectivity index (χ1) is 9.40. The van der Waals surface area contributed by atoms with E-state index in [1.807, 2.05) is 7.05 Å². The van der Waals surface area contributed by atoms with E-state index >= 15 is 0 Å². The van der Waals surface area contributed by atoms with Crippen LogP contribution >= 0.6 is 0 Å². The minimum Gasteiger partial charge on any atom is -0.490 e. The SMILES string of the molecule is CNC(CCCC1Cc2cc(F)ccc2O1)C(C)(C)C. The van der Waals surface area contributed by atoms with Gasteiger partial charge in [-0.25, -0.2) is 4.39 Å². The molecule has 0 spiro atoms. The molecule has 2 unspecified atom stereocenters. The van der Waals surface area contributed by atoms with Gasteiger partial charge >= 0.3 is 0 Å². The van der Waals surface area contributed by atoms with Crippen molar-refractivity contribution in [3.8, 4) is 5.75 Å². The van der Waals surface area contributed by atoms with E-state index in [9.17, 15) is 4.39 Å². The zero-order chi connectivity index (χ0) is 14.8. The van der Waals surface area contributed by atoms with E-state index in [0.717, 1.165) is 37.0 Å². The van der Waals surface area contributed by atoms with Gasteiger partial charge in [-0.05, 0) is 49.9 Å². The van der Waals surface area contributed by atoms with Crippen molar-refractivity contribution in [1.29, 1.82) is 0 Å². The molecule has 2 rings (SSSR count). The zero-order valence-corrected chi connectivity index (χ0v) is 13.0. The molecular formula is C17H26FNO. The molecule has 1 aliphatic heterocycles. The molecule has 0 fully saturated rings. The Morgan fingerprint density at radius 1 is 1.40 bits per heavy atom. The van der Waals surface area contributed by atoms with Crippen LogP contribution in [0.5, 0.6) is 5.75 Å². The third-order valence-electron chi connectivity index (χ3n) is 4.18. The molecule has 0 saturated heterocycles. The van der Waals surface area contributed by atoms with Gasteiger partial charge in [0.25, 0.3) is 0 Å². The number of nitrogens with one attached hydrogen (secondary N) is 1. The molecule has 0 saturated carbocycles. The van der Waals surface area contributed by atoms with E-state index in [2.05, 4.69) is 26.1 Å². The van der Waals surface area contributed by atoms with E-state index in [1.165, 1.54) is 6.07 Å². The van der Waals surface area contributed by atoms with E-state index in [-0.39, 0.29) is 17.3 Å². The van der Waals surface area contributed by atoms with Gasteiger partial charge < -0.3 is 10.1 Å². The minimum absolute atomic E-state index is 0.170. The molecule has 1 aromatic rings. The Labute approximate surface area is 121 Å². The first-order valence-electron chi connectivity index (χ1n) is 7.52. The van der Waals surface area contributed by atoms with Gasteiger partial charge in [-0.3, -0.25) is 0 Å². The monoisotopic (exact) mass is 279 g/mol. The van der Waals surface area contributed by atoms with E-state index in [0.29, 0.717) is 6.04 Å². The Bertz CT molecular complexity index is 453. The summed E-state index contributed by atoms with van der Waals surface area (Å²) in [6.45, 7) is 6.79. The van der Waals surface area contributed by atoms with Crippen LogP contribution in [-0.2, 0) is 6.42 Å². The molecule has 1 aliphatic rings. The van der Waals surface area contributed by atoms with Crippen LogP contribution in [0.4, 0.5) is 4.39 Å². The van der Waals surface area contributed by atoms with Gasteiger partial charge in [-0.15, -0.1) is 0 Å². The second-order valence-electron chi connectivity index (χ2n) is 6.83. The fraction of sp³-hybridized carbons (Fsp3) is 0.647. The molecule has 0 aromatic heterocycles. The van der Waals surface area contributed by atoms with Gasteiger partial charge in [0, 0.05) is 18.0 Å². The highest BCUT2D eigenvalue weighted by molar-refractivity contribution is 5.37. The van der Waals surface area contributed by atoms with E-state index < -0.39 is 0 Å². The van der Waals surface area contributed by atoms with Gasteiger partial charge in [-0.2, -0.15) is 0 Å². The molecule has 3 heteroatoms. The summed E-state index contributed by atoms with van der Waals surface area (Å²) in [4.78, 5) is 0. The maximum absolute atomic E-state index is 13.2. The Morgan fingerprint density at radius 3 is 2.80 bits per heavy atom. The van der Waals surface area contributed by atoms with Crippen LogP contribution in [0.15, 0.2) is 18.2 Å². The molecule has 1 heterocycles. The van der Waals surface area contributed by atoms with Crippen LogP contribution in [0.25, 0.3) is 0 Å². The molecule has 2 atom stereocenters. The van der Waals surface area contributed by atoms with Gasteiger partial charge in [0.05, 0.1) is 0 Å². The van der Waals surface area contributed by atoms with Gasteiger partial charge in [0.1, 0.15) is 17.7 Å². The zero-order valence-electron chi connectivity index (χ0n) is 13.0. The van der Waals surface area contributed by atoms with Crippen molar-refractivity contribution in [2.45, 2.75) is 58.6 Å². The smallest absolute Gasteiger partial charge is 0.123 e. The fourth-order valence-electron chi connectivity index (χ4n) is 3.01. The Hall–Kier alpha value is -1.09. The summed E-state index contributed by atoms with van der Waals surface area (Å²) in [7, 11) is 2.03. The molecule has 0 aliphatic carbocycles. The molecule has 0 radical (unpaired) electrons. The number of ether oxygens (including phenoxy) is 1. The number of hydrogen-bond donors (Lipinski definition) is 1. The van der Waals surface area contributed by atoms with E-state index in [1.54, 1.807) is 12.1 Å². The third kappa shape index (κ3) is 3.72. The normalized spacial score (nSPS) is 19.6. The third-order valence-corrected chi connectivity index (χ3v) is 4.18. The van der Waals surface area contributed by atoms with Crippen molar-refractivity contribution >= 4 is 0 Å². The summed E-state index contributed by atoms with van der Waals surface area (Å²) in [5, 5.41) is 3.40. The summed E-state index contributed by atoms with van der Waals surface area (Å²) >= 11 is 0. The van der Waals surface area contributed by atoms with Crippen LogP contribution < -0.4 is 10.1 Å². The maximum atomic E-state index is 13.2. The quantitative estimate of drug-likeness (QED) is 0.881. The lowest BCUT2D eigenvalue weighted by Crippen LogP contribution is -2.38. The van der Waals surface area contributed by atoms with Crippen molar-refractivity contribution < 1.29 is 9.13 Å². The number of fused-ring (bicyclic) bond motifs is 1. The molecule has 0 amide bonds. The lowest BCUT2D eigenvalue weighted by molar-refractivity contribution is 0.203. The molecule has 112 valence electrons. The number of halogens is 1. The first kappa shape index (κ1) is 15.3. The van der Waals surface area contributed by atoms with Crippen molar-refractivity contribution in [1.82, 2.24) is 5.32 Å². The van der Waals surface area contributed by atoms with Crippen LogP contribution in [0, 0.1) is 11.2 Å². The summed E-state index contributed by atoms with van der Waals surface area (Å²) in [5.74, 6) is 0.688. The maximum Gasteiger partial charge on any atom is 0.123 e. The standard InChI is InChI=1S/C17H26FNO/c1-17(2,3)16(19-4)7-5-6-14-11-12-10-13(18)8-9-15(12)20-14/h8-10,14,16,19H,5-7,11H2,1-4H3. The van der Waals surface area contributed by atoms with Crippen LogP contribution in [-0.4, -0.2) is 19.2 Å². The van der Waals surface area contributed by atoms with Crippen molar-refractivity contribution in [3.63, 3.8) is 0 Å². The van der Waals surface area contributed by atoms with E-state index in [4.69, 9.17) is 4.74 Å². The average molecular weight is 279 g/mol. The largest absolute Gasteiger partial charge is 0.490 e.